The average molecular weight is 262 g/mol. The summed E-state index contributed by atoms with van der Waals surface area (Å²) < 4.78 is 30.2. The lowest BCUT2D eigenvalue weighted by molar-refractivity contribution is 0.146. The molecule has 0 saturated heterocycles. The molecule has 0 spiro atoms. The van der Waals surface area contributed by atoms with Crippen molar-refractivity contribution in [2.75, 3.05) is 20.3 Å². The summed E-state index contributed by atoms with van der Waals surface area (Å²) in [6.45, 7) is 0.749. The van der Waals surface area contributed by atoms with Crippen LogP contribution in [0.25, 0.3) is 0 Å². The Morgan fingerprint density at radius 2 is 2.33 bits per heavy atom. The van der Waals surface area contributed by atoms with Gasteiger partial charge in [0.2, 0.25) is 0 Å². The second kappa shape index (κ2) is 7.59. The molecule has 0 aromatic carbocycles. The fraction of sp³-hybridized carbons (Fsp3) is 0.600. The van der Waals surface area contributed by atoms with Gasteiger partial charge in [0.1, 0.15) is 0 Å². The number of hydrogen-bond acceptors (Lipinski definition) is 3. The monoisotopic (exact) mass is 262 g/mol. The van der Waals surface area contributed by atoms with Crippen molar-refractivity contribution >= 4 is 6.03 Å². The number of rotatable bonds is 7. The molecule has 0 aliphatic rings. The Balaban J connectivity index is 2.26. The third kappa shape index (κ3) is 5.58. The van der Waals surface area contributed by atoms with Crippen molar-refractivity contribution < 1.29 is 18.3 Å². The molecule has 8 heteroatoms. The number of amides is 2. The Labute approximate surface area is 103 Å². The van der Waals surface area contributed by atoms with Gasteiger partial charge in [-0.25, -0.2) is 13.6 Å². The highest BCUT2D eigenvalue weighted by Gasteiger charge is 2.06. The Kier molecular flexibility index (Phi) is 6.06. The lowest BCUT2D eigenvalue weighted by Crippen LogP contribution is -2.37. The minimum atomic E-state index is -2.55. The molecule has 6 nitrogen and oxygen atoms in total. The van der Waals surface area contributed by atoms with E-state index in [4.69, 9.17) is 4.74 Å². The number of methoxy groups -OCH3 is 1. The van der Waals surface area contributed by atoms with Crippen molar-refractivity contribution in [3.8, 4) is 0 Å². The maximum Gasteiger partial charge on any atom is 0.315 e. The van der Waals surface area contributed by atoms with Crippen LogP contribution < -0.4 is 10.6 Å². The smallest absolute Gasteiger partial charge is 0.315 e. The van der Waals surface area contributed by atoms with Gasteiger partial charge in [-0.2, -0.15) is 5.10 Å². The maximum atomic E-state index is 11.8. The summed E-state index contributed by atoms with van der Waals surface area (Å²) in [5.74, 6) is 0. The van der Waals surface area contributed by atoms with Crippen molar-refractivity contribution in [1.82, 2.24) is 20.4 Å². The number of nitrogens with zero attached hydrogens (tertiary/aromatic N) is 2. The minimum absolute atomic E-state index is 0.238. The standard InChI is InChI=1S/C10H16F2N4O2/c1-18-3-2-16-7-8(5-15-16)4-13-10(17)14-6-9(11)12/h5,7,9H,2-4,6H2,1H3,(H2,13,14,17). The number of nitrogens with one attached hydrogen (secondary N) is 2. The van der Waals surface area contributed by atoms with E-state index in [1.807, 2.05) is 5.32 Å². The fourth-order valence-corrected chi connectivity index (χ4v) is 1.22. The maximum absolute atomic E-state index is 11.8. The summed E-state index contributed by atoms with van der Waals surface area (Å²) in [6, 6.07) is -0.625. The molecule has 102 valence electrons. The van der Waals surface area contributed by atoms with Gasteiger partial charge in [-0.3, -0.25) is 4.68 Å². The van der Waals surface area contributed by atoms with E-state index in [1.54, 1.807) is 24.2 Å². The zero-order valence-electron chi connectivity index (χ0n) is 10.0. The predicted molar refractivity (Wildman–Crippen MR) is 60.3 cm³/mol. The van der Waals surface area contributed by atoms with Crippen LogP contribution in [0.15, 0.2) is 12.4 Å². The van der Waals surface area contributed by atoms with Gasteiger partial charge in [0.05, 0.1) is 25.9 Å². The Bertz CT molecular complexity index is 371. The molecule has 2 amide bonds. The molecular weight excluding hydrogens is 246 g/mol. The van der Waals surface area contributed by atoms with E-state index < -0.39 is 19.0 Å². The molecule has 1 aromatic heterocycles. The van der Waals surface area contributed by atoms with Crippen LogP contribution in [0.3, 0.4) is 0 Å². The van der Waals surface area contributed by atoms with Crippen molar-refractivity contribution in [2.24, 2.45) is 0 Å². The number of aromatic nitrogens is 2. The van der Waals surface area contributed by atoms with Crippen LogP contribution in [-0.4, -0.2) is 42.5 Å². The van der Waals surface area contributed by atoms with E-state index in [2.05, 4.69) is 10.4 Å². The number of halogens is 2. The number of carbonyl (C=O) groups excluding carboxylic acids is 1. The predicted octanol–water partition coefficient (Wildman–Crippen LogP) is 0.594. The molecule has 0 aliphatic heterocycles. The largest absolute Gasteiger partial charge is 0.383 e. The first-order chi connectivity index (χ1) is 8.61. The molecule has 0 bridgehead atoms. The highest BCUT2D eigenvalue weighted by molar-refractivity contribution is 5.73. The molecule has 0 unspecified atom stereocenters. The van der Waals surface area contributed by atoms with Gasteiger partial charge < -0.3 is 15.4 Å². The fourth-order valence-electron chi connectivity index (χ4n) is 1.22. The van der Waals surface area contributed by atoms with E-state index >= 15 is 0 Å². The highest BCUT2D eigenvalue weighted by Crippen LogP contribution is 1.97. The number of ether oxygens (including phenoxy) is 1. The third-order valence-corrected chi connectivity index (χ3v) is 2.08. The van der Waals surface area contributed by atoms with Crippen LogP contribution in [0.4, 0.5) is 13.6 Å². The normalized spacial score (nSPS) is 10.7. The summed E-state index contributed by atoms with van der Waals surface area (Å²) >= 11 is 0. The van der Waals surface area contributed by atoms with E-state index in [0.717, 1.165) is 5.56 Å². The first-order valence-corrected chi connectivity index (χ1v) is 5.42. The van der Waals surface area contributed by atoms with Crippen molar-refractivity contribution in [1.29, 1.82) is 0 Å². The zero-order valence-corrected chi connectivity index (χ0v) is 10.0. The second-order valence-electron chi connectivity index (χ2n) is 3.56. The summed E-state index contributed by atoms with van der Waals surface area (Å²) in [5, 5.41) is 8.55. The zero-order chi connectivity index (χ0) is 13.4. The minimum Gasteiger partial charge on any atom is -0.383 e. The lowest BCUT2D eigenvalue weighted by Gasteiger charge is -2.05. The number of urea groups is 1. The van der Waals surface area contributed by atoms with Gasteiger partial charge >= 0.3 is 6.03 Å². The summed E-state index contributed by atoms with van der Waals surface area (Å²) in [5.41, 5.74) is 0.790. The van der Waals surface area contributed by atoms with Gasteiger partial charge in [-0.1, -0.05) is 0 Å². The Morgan fingerprint density at radius 3 is 3.00 bits per heavy atom. The van der Waals surface area contributed by atoms with Gasteiger partial charge in [0.15, 0.2) is 0 Å². The van der Waals surface area contributed by atoms with E-state index in [9.17, 15) is 13.6 Å². The van der Waals surface area contributed by atoms with Gasteiger partial charge in [-0.15, -0.1) is 0 Å². The Morgan fingerprint density at radius 1 is 1.56 bits per heavy atom. The molecule has 18 heavy (non-hydrogen) atoms. The van der Waals surface area contributed by atoms with Crippen molar-refractivity contribution in [3.63, 3.8) is 0 Å². The lowest BCUT2D eigenvalue weighted by atomic mass is 10.4. The van der Waals surface area contributed by atoms with Gasteiger partial charge in [0, 0.05) is 25.4 Å². The average Bonchev–Trinajstić information content (AvgIpc) is 2.79. The molecule has 0 radical (unpaired) electrons. The van der Waals surface area contributed by atoms with Gasteiger partial charge in [0.25, 0.3) is 6.43 Å². The van der Waals surface area contributed by atoms with Crippen LogP contribution >= 0.6 is 0 Å². The van der Waals surface area contributed by atoms with Crippen molar-refractivity contribution in [2.45, 2.75) is 19.5 Å². The highest BCUT2D eigenvalue weighted by atomic mass is 19.3. The van der Waals surface area contributed by atoms with Crippen LogP contribution in [-0.2, 0) is 17.8 Å². The number of hydrogen-bond donors (Lipinski definition) is 2. The van der Waals surface area contributed by atoms with Crippen LogP contribution in [0.2, 0.25) is 0 Å². The van der Waals surface area contributed by atoms with Crippen LogP contribution in [0, 0.1) is 0 Å². The molecule has 1 aromatic rings. The first-order valence-electron chi connectivity index (χ1n) is 5.42. The van der Waals surface area contributed by atoms with E-state index in [0.29, 0.717) is 13.2 Å². The van der Waals surface area contributed by atoms with Crippen LogP contribution in [0.5, 0.6) is 0 Å². The summed E-state index contributed by atoms with van der Waals surface area (Å²) in [4.78, 5) is 11.1. The molecule has 0 atom stereocenters. The molecule has 0 fully saturated rings. The van der Waals surface area contributed by atoms with E-state index in [-0.39, 0.29) is 6.54 Å². The van der Waals surface area contributed by atoms with E-state index in [1.165, 1.54) is 0 Å². The topological polar surface area (TPSA) is 68.2 Å². The van der Waals surface area contributed by atoms with Crippen molar-refractivity contribution in [3.05, 3.63) is 18.0 Å². The summed E-state index contributed by atoms with van der Waals surface area (Å²) in [7, 11) is 1.60. The second-order valence-corrected chi connectivity index (χ2v) is 3.56. The molecular formula is C10H16F2N4O2. The summed E-state index contributed by atoms with van der Waals surface area (Å²) in [6.07, 6.45) is 0.808. The molecule has 0 aliphatic carbocycles. The first kappa shape index (κ1) is 14.4. The Hall–Kier alpha value is -1.70. The molecule has 1 heterocycles. The molecule has 2 N–H and O–H groups in total. The quantitative estimate of drug-likeness (QED) is 0.756. The van der Waals surface area contributed by atoms with Gasteiger partial charge in [-0.05, 0) is 0 Å². The molecule has 0 saturated carbocycles. The number of alkyl halides is 2. The number of carbonyl (C=O) groups is 1. The SMILES string of the molecule is COCCn1cc(CNC(=O)NCC(F)F)cn1. The molecule has 1 rings (SSSR count). The van der Waals surface area contributed by atoms with Crippen LogP contribution in [0.1, 0.15) is 5.56 Å². The third-order valence-electron chi connectivity index (χ3n) is 2.08.